The summed E-state index contributed by atoms with van der Waals surface area (Å²) in [4.78, 5) is 11.3. The molecule has 0 spiro atoms. The van der Waals surface area contributed by atoms with Crippen LogP contribution in [0, 0.1) is 0 Å². The molecule has 1 N–H and O–H groups in total. The third-order valence-electron chi connectivity index (χ3n) is 3.16. The average Bonchev–Trinajstić information content (AvgIpc) is 2.75. The Labute approximate surface area is 119 Å². The molecule has 0 amide bonds. The zero-order chi connectivity index (χ0) is 14.6. The van der Waals surface area contributed by atoms with Gasteiger partial charge < -0.3 is 5.11 Å². The van der Waals surface area contributed by atoms with Crippen molar-refractivity contribution in [2.24, 2.45) is 0 Å². The fourth-order valence-corrected chi connectivity index (χ4v) is 6.00. The number of rotatable bonds is 7. The average molecular weight is 310 g/mol. The van der Waals surface area contributed by atoms with Gasteiger partial charge in [0.05, 0.1) is 5.37 Å². The van der Waals surface area contributed by atoms with Crippen molar-refractivity contribution in [2.45, 2.75) is 45.0 Å². The van der Waals surface area contributed by atoms with Crippen LogP contribution in [-0.2, 0) is 15.0 Å². The monoisotopic (exact) mass is 310 g/mol. The second-order valence-corrected chi connectivity index (χ2v) is 7.40. The molecule has 2 atom stereocenters. The van der Waals surface area contributed by atoms with Crippen LogP contribution in [0.1, 0.15) is 33.6 Å². The molecule has 1 saturated heterocycles. The molecule has 6 nitrogen and oxygen atoms in total. The summed E-state index contributed by atoms with van der Waals surface area (Å²) in [6.07, 6.45) is 1.50. The smallest absolute Gasteiger partial charge is 0.322 e. The SMILES string of the molecule is CCCC1SCC(C(=O)O)N1S(=O)(=O)N(CC)CC. The molecule has 0 aromatic heterocycles. The Hall–Kier alpha value is -0.310. The summed E-state index contributed by atoms with van der Waals surface area (Å²) in [7, 11) is -3.70. The van der Waals surface area contributed by atoms with Crippen LogP contribution < -0.4 is 0 Å². The van der Waals surface area contributed by atoms with Crippen LogP contribution >= 0.6 is 11.8 Å². The highest BCUT2D eigenvalue weighted by atomic mass is 32.2. The highest BCUT2D eigenvalue weighted by molar-refractivity contribution is 8.01. The lowest BCUT2D eigenvalue weighted by molar-refractivity contribution is -0.140. The summed E-state index contributed by atoms with van der Waals surface area (Å²) in [5.74, 6) is -0.748. The molecule has 19 heavy (non-hydrogen) atoms. The Kier molecular flexibility index (Phi) is 6.10. The summed E-state index contributed by atoms with van der Waals surface area (Å²) >= 11 is 1.42. The molecule has 0 aromatic rings. The van der Waals surface area contributed by atoms with Gasteiger partial charge in [-0.3, -0.25) is 4.79 Å². The second kappa shape index (κ2) is 6.92. The summed E-state index contributed by atoms with van der Waals surface area (Å²) < 4.78 is 27.6. The van der Waals surface area contributed by atoms with Crippen molar-refractivity contribution >= 4 is 27.9 Å². The van der Waals surface area contributed by atoms with Crippen molar-refractivity contribution in [2.75, 3.05) is 18.8 Å². The molecular formula is C11H22N2O4S2. The minimum absolute atomic E-state index is 0.267. The Morgan fingerprint density at radius 1 is 1.37 bits per heavy atom. The number of carbonyl (C=O) groups is 1. The molecule has 0 bridgehead atoms. The van der Waals surface area contributed by atoms with Gasteiger partial charge in [0, 0.05) is 18.8 Å². The van der Waals surface area contributed by atoms with E-state index in [1.54, 1.807) is 13.8 Å². The molecule has 0 aliphatic carbocycles. The zero-order valence-electron chi connectivity index (χ0n) is 11.6. The van der Waals surface area contributed by atoms with Crippen LogP contribution in [0.5, 0.6) is 0 Å². The molecule has 1 aliphatic heterocycles. The van der Waals surface area contributed by atoms with Gasteiger partial charge >= 0.3 is 5.97 Å². The Morgan fingerprint density at radius 3 is 2.37 bits per heavy atom. The van der Waals surface area contributed by atoms with Gasteiger partial charge in [-0.15, -0.1) is 11.8 Å². The van der Waals surface area contributed by atoms with Crippen molar-refractivity contribution in [3.8, 4) is 0 Å². The van der Waals surface area contributed by atoms with Crippen LogP contribution in [-0.4, -0.2) is 58.4 Å². The highest BCUT2D eigenvalue weighted by Crippen LogP contribution is 2.35. The van der Waals surface area contributed by atoms with Crippen molar-refractivity contribution in [1.29, 1.82) is 0 Å². The Bertz CT molecular complexity index is 409. The van der Waals surface area contributed by atoms with Crippen molar-refractivity contribution in [3.05, 3.63) is 0 Å². The van der Waals surface area contributed by atoms with E-state index < -0.39 is 22.2 Å². The molecule has 1 rings (SSSR count). The molecule has 0 aromatic carbocycles. The third kappa shape index (κ3) is 3.42. The minimum atomic E-state index is -3.70. The number of nitrogens with zero attached hydrogens (tertiary/aromatic N) is 2. The number of thioether (sulfide) groups is 1. The van der Waals surface area contributed by atoms with E-state index in [4.69, 9.17) is 0 Å². The van der Waals surface area contributed by atoms with Gasteiger partial charge in [-0.1, -0.05) is 27.2 Å². The standard InChI is InChI=1S/C11H22N2O4S2/c1-4-7-10-13(9(8-18-10)11(14)15)19(16,17)12(5-2)6-3/h9-10H,4-8H2,1-3H3,(H,14,15). The molecule has 0 radical (unpaired) electrons. The maximum absolute atomic E-state index is 12.6. The molecule has 1 heterocycles. The van der Waals surface area contributed by atoms with E-state index in [2.05, 4.69) is 0 Å². The van der Waals surface area contributed by atoms with E-state index in [9.17, 15) is 18.3 Å². The predicted molar refractivity (Wildman–Crippen MR) is 76.3 cm³/mol. The summed E-state index contributed by atoms with van der Waals surface area (Å²) in [6, 6.07) is -0.952. The van der Waals surface area contributed by atoms with Gasteiger partial charge in [0.15, 0.2) is 0 Å². The first-order chi connectivity index (χ1) is 8.89. The topological polar surface area (TPSA) is 77.9 Å². The van der Waals surface area contributed by atoms with E-state index in [0.29, 0.717) is 25.3 Å². The quantitative estimate of drug-likeness (QED) is 0.764. The lowest BCUT2D eigenvalue weighted by atomic mass is 10.3. The van der Waals surface area contributed by atoms with E-state index in [0.717, 1.165) is 6.42 Å². The zero-order valence-corrected chi connectivity index (χ0v) is 13.2. The number of aliphatic carboxylic acids is 1. The molecule has 112 valence electrons. The number of hydrogen-bond acceptors (Lipinski definition) is 4. The summed E-state index contributed by atoms with van der Waals surface area (Å²) in [6.45, 7) is 6.19. The lowest BCUT2D eigenvalue weighted by Gasteiger charge is -2.31. The molecule has 1 aliphatic rings. The largest absolute Gasteiger partial charge is 0.480 e. The van der Waals surface area contributed by atoms with E-state index in [1.165, 1.54) is 20.4 Å². The van der Waals surface area contributed by atoms with Gasteiger partial charge in [0.2, 0.25) is 0 Å². The summed E-state index contributed by atoms with van der Waals surface area (Å²) in [5.41, 5.74) is 0. The molecule has 0 saturated carbocycles. The van der Waals surface area contributed by atoms with E-state index in [1.807, 2.05) is 6.92 Å². The van der Waals surface area contributed by atoms with Gasteiger partial charge in [-0.25, -0.2) is 0 Å². The third-order valence-corrected chi connectivity index (χ3v) is 6.86. The first-order valence-corrected chi connectivity index (χ1v) is 8.97. The Morgan fingerprint density at radius 2 is 1.95 bits per heavy atom. The second-order valence-electron chi connectivity index (χ2n) is 4.35. The molecule has 2 unspecified atom stereocenters. The van der Waals surface area contributed by atoms with Gasteiger partial charge in [0.1, 0.15) is 6.04 Å². The number of hydrogen-bond donors (Lipinski definition) is 1. The first kappa shape index (κ1) is 16.7. The normalized spacial score (nSPS) is 25.1. The first-order valence-electron chi connectivity index (χ1n) is 6.53. The molecule has 8 heteroatoms. The Balaban J connectivity index is 3.10. The highest BCUT2D eigenvalue weighted by Gasteiger charge is 2.46. The van der Waals surface area contributed by atoms with Gasteiger partial charge in [0.25, 0.3) is 10.2 Å². The van der Waals surface area contributed by atoms with Crippen LogP contribution in [0.2, 0.25) is 0 Å². The van der Waals surface area contributed by atoms with Gasteiger partial charge in [-0.05, 0) is 6.42 Å². The van der Waals surface area contributed by atoms with Crippen LogP contribution in [0.4, 0.5) is 0 Å². The maximum Gasteiger partial charge on any atom is 0.322 e. The minimum Gasteiger partial charge on any atom is -0.480 e. The number of carboxylic acid groups (broad SMARTS) is 1. The van der Waals surface area contributed by atoms with Crippen LogP contribution in [0.25, 0.3) is 0 Å². The van der Waals surface area contributed by atoms with Crippen molar-refractivity contribution in [3.63, 3.8) is 0 Å². The van der Waals surface area contributed by atoms with Crippen LogP contribution in [0.3, 0.4) is 0 Å². The number of carboxylic acids is 1. The van der Waals surface area contributed by atoms with E-state index >= 15 is 0 Å². The molecule has 1 fully saturated rings. The predicted octanol–water partition coefficient (Wildman–Crippen LogP) is 1.20. The summed E-state index contributed by atoms with van der Waals surface area (Å²) in [5, 5.41) is 8.96. The van der Waals surface area contributed by atoms with Gasteiger partial charge in [-0.2, -0.15) is 17.0 Å². The van der Waals surface area contributed by atoms with E-state index in [-0.39, 0.29) is 5.37 Å². The van der Waals surface area contributed by atoms with Crippen molar-refractivity contribution < 1.29 is 18.3 Å². The van der Waals surface area contributed by atoms with Crippen LogP contribution in [0.15, 0.2) is 0 Å². The lowest BCUT2D eigenvalue weighted by Crippen LogP contribution is -2.51. The van der Waals surface area contributed by atoms with Crippen molar-refractivity contribution in [1.82, 2.24) is 8.61 Å². The maximum atomic E-state index is 12.6. The fourth-order valence-electron chi connectivity index (χ4n) is 2.18. The molecular weight excluding hydrogens is 288 g/mol. The fraction of sp³-hybridized carbons (Fsp3) is 0.909.